The van der Waals surface area contributed by atoms with Crippen LogP contribution in [0.3, 0.4) is 0 Å². The highest BCUT2D eigenvalue weighted by Gasteiger charge is 2.31. The molecule has 0 bridgehead atoms. The van der Waals surface area contributed by atoms with Gasteiger partial charge in [-0.15, -0.1) is 0 Å². The zero-order chi connectivity index (χ0) is 19.8. The standard InChI is InChI=1S/C18H23FN4O2S2/c1-12-15(13(2)23(21-12)14-8-9-27(24,25)11-14)10-22(3)18(26)20-17-7-5-4-6-16(17)19/h4-7,14H,8-11H2,1-3H3,(H,20,26)/t14-/m0/s1. The lowest BCUT2D eigenvalue weighted by Gasteiger charge is -2.22. The number of aromatic nitrogens is 2. The zero-order valence-corrected chi connectivity index (χ0v) is 17.2. The fourth-order valence-electron chi connectivity index (χ4n) is 3.33. The smallest absolute Gasteiger partial charge is 0.173 e. The second-order valence-electron chi connectivity index (χ2n) is 6.92. The first-order valence-electron chi connectivity index (χ1n) is 8.69. The monoisotopic (exact) mass is 410 g/mol. The number of nitrogens with one attached hydrogen (secondary N) is 1. The maximum atomic E-state index is 13.8. The van der Waals surface area contributed by atoms with E-state index in [0.29, 0.717) is 23.8 Å². The topological polar surface area (TPSA) is 67.2 Å². The second-order valence-corrected chi connectivity index (χ2v) is 9.53. The summed E-state index contributed by atoms with van der Waals surface area (Å²) in [5.41, 5.74) is 3.11. The van der Waals surface area contributed by atoms with Crippen LogP contribution in [0.5, 0.6) is 0 Å². The van der Waals surface area contributed by atoms with Crippen LogP contribution in [0, 0.1) is 19.7 Å². The SMILES string of the molecule is Cc1nn([C@H]2CCS(=O)(=O)C2)c(C)c1CN(C)C(=S)Nc1ccccc1F. The van der Waals surface area contributed by atoms with Crippen molar-refractivity contribution in [1.82, 2.24) is 14.7 Å². The van der Waals surface area contributed by atoms with E-state index in [4.69, 9.17) is 12.2 Å². The van der Waals surface area contributed by atoms with Gasteiger partial charge < -0.3 is 10.2 Å². The Bertz CT molecular complexity index is 972. The summed E-state index contributed by atoms with van der Waals surface area (Å²) in [6.07, 6.45) is 0.590. The molecule has 1 aromatic heterocycles. The summed E-state index contributed by atoms with van der Waals surface area (Å²) >= 11 is 5.39. The molecule has 2 aromatic rings. The minimum atomic E-state index is -2.98. The lowest BCUT2D eigenvalue weighted by atomic mass is 10.2. The molecule has 27 heavy (non-hydrogen) atoms. The van der Waals surface area contributed by atoms with Crippen molar-refractivity contribution < 1.29 is 12.8 Å². The van der Waals surface area contributed by atoms with E-state index in [1.54, 1.807) is 18.2 Å². The Balaban J connectivity index is 1.73. The van der Waals surface area contributed by atoms with Crippen molar-refractivity contribution in [3.8, 4) is 0 Å². The lowest BCUT2D eigenvalue weighted by molar-refractivity contribution is 0.479. The molecule has 9 heteroatoms. The number of hydrogen-bond donors (Lipinski definition) is 1. The predicted octanol–water partition coefficient (Wildman–Crippen LogP) is 2.83. The van der Waals surface area contributed by atoms with Crippen LogP contribution < -0.4 is 5.32 Å². The van der Waals surface area contributed by atoms with Crippen LogP contribution >= 0.6 is 12.2 Å². The van der Waals surface area contributed by atoms with Gasteiger partial charge in [-0.3, -0.25) is 4.68 Å². The fraction of sp³-hybridized carbons (Fsp3) is 0.444. The summed E-state index contributed by atoms with van der Waals surface area (Å²) in [5, 5.41) is 7.89. The molecule has 1 N–H and O–H groups in total. The highest BCUT2D eigenvalue weighted by molar-refractivity contribution is 7.91. The van der Waals surface area contributed by atoms with Crippen LogP contribution in [0.2, 0.25) is 0 Å². The molecular formula is C18H23FN4O2S2. The third-order valence-electron chi connectivity index (χ3n) is 4.89. The van der Waals surface area contributed by atoms with Gasteiger partial charge in [-0.2, -0.15) is 5.10 Å². The molecular weight excluding hydrogens is 387 g/mol. The van der Waals surface area contributed by atoms with Crippen LogP contribution in [-0.4, -0.2) is 46.8 Å². The van der Waals surface area contributed by atoms with Gasteiger partial charge in [-0.25, -0.2) is 12.8 Å². The van der Waals surface area contributed by atoms with E-state index in [-0.39, 0.29) is 23.4 Å². The Labute approximate surface area is 164 Å². The maximum Gasteiger partial charge on any atom is 0.173 e. The van der Waals surface area contributed by atoms with Crippen molar-refractivity contribution in [1.29, 1.82) is 0 Å². The van der Waals surface area contributed by atoms with E-state index in [1.807, 2.05) is 30.5 Å². The summed E-state index contributed by atoms with van der Waals surface area (Å²) in [7, 11) is -1.15. The van der Waals surface area contributed by atoms with Gasteiger partial charge in [0.15, 0.2) is 14.9 Å². The van der Waals surface area contributed by atoms with Crippen LogP contribution in [-0.2, 0) is 16.4 Å². The summed E-state index contributed by atoms with van der Waals surface area (Å²) in [6, 6.07) is 6.25. The van der Waals surface area contributed by atoms with Crippen molar-refractivity contribution >= 4 is 32.9 Å². The number of anilines is 1. The number of rotatable bonds is 4. The molecule has 1 aromatic carbocycles. The minimum Gasteiger partial charge on any atom is -0.348 e. The third kappa shape index (κ3) is 4.30. The molecule has 0 saturated carbocycles. The number of hydrogen-bond acceptors (Lipinski definition) is 4. The highest BCUT2D eigenvalue weighted by Crippen LogP contribution is 2.27. The van der Waals surface area contributed by atoms with E-state index < -0.39 is 9.84 Å². The van der Waals surface area contributed by atoms with Crippen LogP contribution in [0.15, 0.2) is 24.3 Å². The molecule has 1 aliphatic heterocycles. The molecule has 0 radical (unpaired) electrons. The van der Waals surface area contributed by atoms with Crippen molar-refractivity contribution in [3.63, 3.8) is 0 Å². The fourth-order valence-corrected chi connectivity index (χ4v) is 5.20. The highest BCUT2D eigenvalue weighted by atomic mass is 32.2. The molecule has 146 valence electrons. The summed E-state index contributed by atoms with van der Waals surface area (Å²) in [5.74, 6) is -0.0183. The lowest BCUT2D eigenvalue weighted by Crippen LogP contribution is -2.31. The quantitative estimate of drug-likeness (QED) is 0.782. The summed E-state index contributed by atoms with van der Waals surface area (Å²) in [6.45, 7) is 4.35. The Morgan fingerprint density at radius 1 is 1.41 bits per heavy atom. The summed E-state index contributed by atoms with van der Waals surface area (Å²) < 4.78 is 39.2. The minimum absolute atomic E-state index is 0.115. The van der Waals surface area contributed by atoms with E-state index in [1.165, 1.54) is 6.07 Å². The first-order valence-corrected chi connectivity index (χ1v) is 10.9. The van der Waals surface area contributed by atoms with Gasteiger partial charge in [0.25, 0.3) is 0 Å². The Hall–Kier alpha value is -2.00. The molecule has 0 spiro atoms. The number of halogens is 1. The first-order chi connectivity index (χ1) is 12.7. The largest absolute Gasteiger partial charge is 0.348 e. The average Bonchev–Trinajstić information content (AvgIpc) is 3.10. The van der Waals surface area contributed by atoms with Gasteiger partial charge in [0, 0.05) is 24.8 Å². The molecule has 0 amide bonds. The van der Waals surface area contributed by atoms with E-state index in [2.05, 4.69) is 10.4 Å². The maximum absolute atomic E-state index is 13.8. The van der Waals surface area contributed by atoms with Crippen molar-refractivity contribution in [2.24, 2.45) is 0 Å². The Morgan fingerprint density at radius 2 is 2.11 bits per heavy atom. The van der Waals surface area contributed by atoms with E-state index in [9.17, 15) is 12.8 Å². The Morgan fingerprint density at radius 3 is 2.74 bits per heavy atom. The number of sulfone groups is 1. The van der Waals surface area contributed by atoms with Gasteiger partial charge in [0.2, 0.25) is 0 Å². The van der Waals surface area contributed by atoms with E-state index in [0.717, 1.165) is 17.0 Å². The van der Waals surface area contributed by atoms with E-state index >= 15 is 0 Å². The number of benzene rings is 1. The number of aryl methyl sites for hydroxylation is 1. The van der Waals surface area contributed by atoms with Gasteiger partial charge in [-0.05, 0) is 44.6 Å². The third-order valence-corrected chi connectivity index (χ3v) is 7.05. The summed E-state index contributed by atoms with van der Waals surface area (Å²) in [4.78, 5) is 1.81. The molecule has 1 aliphatic rings. The molecule has 1 fully saturated rings. The van der Waals surface area contributed by atoms with Crippen molar-refractivity contribution in [3.05, 3.63) is 47.0 Å². The van der Waals surface area contributed by atoms with Gasteiger partial charge in [-0.1, -0.05) is 12.1 Å². The average molecular weight is 411 g/mol. The molecule has 0 unspecified atom stereocenters. The number of para-hydroxylation sites is 1. The molecule has 2 heterocycles. The number of nitrogens with zero attached hydrogens (tertiary/aromatic N) is 3. The molecule has 3 rings (SSSR count). The Kier molecular flexibility index (Phi) is 5.53. The molecule has 1 atom stereocenters. The molecule has 1 saturated heterocycles. The van der Waals surface area contributed by atoms with Crippen LogP contribution in [0.1, 0.15) is 29.4 Å². The molecule has 6 nitrogen and oxygen atoms in total. The first kappa shape index (κ1) is 19.8. The number of thiocarbonyl (C=S) groups is 1. The zero-order valence-electron chi connectivity index (χ0n) is 15.6. The van der Waals surface area contributed by atoms with Gasteiger partial charge in [0.05, 0.1) is 28.9 Å². The van der Waals surface area contributed by atoms with Crippen LogP contribution in [0.25, 0.3) is 0 Å². The molecule has 0 aliphatic carbocycles. The van der Waals surface area contributed by atoms with Crippen molar-refractivity contribution in [2.45, 2.75) is 32.9 Å². The normalized spacial score (nSPS) is 18.4. The van der Waals surface area contributed by atoms with Crippen LogP contribution in [0.4, 0.5) is 10.1 Å². The second kappa shape index (κ2) is 7.55. The predicted molar refractivity (Wildman–Crippen MR) is 108 cm³/mol. The van der Waals surface area contributed by atoms with Gasteiger partial charge >= 0.3 is 0 Å². The van der Waals surface area contributed by atoms with Gasteiger partial charge in [0.1, 0.15) is 5.82 Å². The van der Waals surface area contributed by atoms with Crippen molar-refractivity contribution in [2.75, 3.05) is 23.9 Å².